The third kappa shape index (κ3) is 2.79. The lowest BCUT2D eigenvalue weighted by Crippen LogP contribution is -2.33. The van der Waals surface area contributed by atoms with Crippen LogP contribution in [0.2, 0.25) is 0 Å². The zero-order valence-electron chi connectivity index (χ0n) is 17.2. The average Bonchev–Trinajstić information content (AvgIpc) is 3.45. The van der Waals surface area contributed by atoms with Crippen LogP contribution in [0.15, 0.2) is 107 Å². The van der Waals surface area contributed by atoms with E-state index in [1.165, 1.54) is 10.5 Å². The second-order valence-corrected chi connectivity index (χ2v) is 9.46. The van der Waals surface area contributed by atoms with E-state index in [0.29, 0.717) is 5.69 Å². The van der Waals surface area contributed by atoms with Crippen LogP contribution in [0.5, 0.6) is 0 Å². The number of anilines is 1. The van der Waals surface area contributed by atoms with E-state index in [4.69, 9.17) is 0 Å². The first-order chi connectivity index (χ1) is 15.6. The molecule has 4 atom stereocenters. The van der Waals surface area contributed by atoms with Crippen molar-refractivity contribution in [1.29, 1.82) is 0 Å². The van der Waals surface area contributed by atoms with Gasteiger partial charge in [0.05, 0.1) is 17.5 Å². The summed E-state index contributed by atoms with van der Waals surface area (Å²) in [6, 6.07) is 28.0. The molecule has 32 heavy (non-hydrogen) atoms. The van der Waals surface area contributed by atoms with Crippen LogP contribution in [0, 0.1) is 23.7 Å². The Morgan fingerprint density at radius 1 is 0.688 bits per heavy atom. The molecule has 3 aromatic carbocycles. The average molecular weight is 482 g/mol. The molecule has 0 spiro atoms. The van der Waals surface area contributed by atoms with Crippen LogP contribution in [0.1, 0.15) is 11.1 Å². The van der Waals surface area contributed by atoms with Crippen LogP contribution in [-0.4, -0.2) is 11.8 Å². The molecule has 0 N–H and O–H groups in total. The molecule has 2 bridgehead atoms. The summed E-state index contributed by atoms with van der Waals surface area (Å²) >= 11 is 3.46. The molecule has 2 amide bonds. The second-order valence-electron chi connectivity index (χ2n) is 8.54. The Kier molecular flexibility index (Phi) is 4.51. The molecule has 0 aromatic heterocycles. The van der Waals surface area contributed by atoms with Crippen molar-refractivity contribution in [3.8, 4) is 0 Å². The van der Waals surface area contributed by atoms with Crippen LogP contribution < -0.4 is 4.90 Å². The summed E-state index contributed by atoms with van der Waals surface area (Å²) < 4.78 is 0.852. The van der Waals surface area contributed by atoms with Crippen molar-refractivity contribution in [2.24, 2.45) is 23.7 Å². The number of allylic oxidation sites excluding steroid dienone is 3. The standard InChI is InChI=1S/C28H20BrNO2/c29-19-12-7-13-20(16-19)30-27(31)25-21-14-15-22(26(25)28(30)32)24(21)23(17-8-3-1-4-9-17)18-10-5-2-6-11-18/h1-16,21-22,25-26H/t21-,22-,25+,26+/m0/s1. The number of hydrogen-bond donors (Lipinski definition) is 0. The van der Waals surface area contributed by atoms with E-state index in [0.717, 1.165) is 21.2 Å². The van der Waals surface area contributed by atoms with E-state index >= 15 is 0 Å². The number of amides is 2. The molecular formula is C28H20BrNO2. The van der Waals surface area contributed by atoms with Crippen LogP contribution in [-0.2, 0) is 9.59 Å². The highest BCUT2D eigenvalue weighted by molar-refractivity contribution is 9.10. The zero-order valence-corrected chi connectivity index (χ0v) is 18.8. The molecule has 1 saturated heterocycles. The third-order valence-corrected chi connectivity index (χ3v) is 7.39. The number of rotatable bonds is 3. The number of nitrogens with zero attached hydrogens (tertiary/aromatic N) is 1. The SMILES string of the molecule is O=C1[C@H]2[C@H](C(=O)N1c1cccc(Br)c1)[C@H]1C=C[C@H]2C1=C(c1ccccc1)c1ccccc1. The monoisotopic (exact) mass is 481 g/mol. The molecule has 1 heterocycles. The molecule has 1 aliphatic heterocycles. The predicted molar refractivity (Wildman–Crippen MR) is 129 cm³/mol. The summed E-state index contributed by atoms with van der Waals surface area (Å²) in [5.41, 5.74) is 5.23. The maximum absolute atomic E-state index is 13.6. The lowest BCUT2D eigenvalue weighted by Gasteiger charge is -2.21. The normalized spacial score (nSPS) is 25.5. The van der Waals surface area contributed by atoms with Gasteiger partial charge in [0.1, 0.15) is 0 Å². The van der Waals surface area contributed by atoms with Gasteiger partial charge in [-0.3, -0.25) is 9.59 Å². The van der Waals surface area contributed by atoms with Crippen molar-refractivity contribution in [2.45, 2.75) is 0 Å². The Morgan fingerprint density at radius 2 is 1.22 bits per heavy atom. The first kappa shape index (κ1) is 19.4. The lowest BCUT2D eigenvalue weighted by molar-refractivity contribution is -0.122. The summed E-state index contributed by atoms with van der Waals surface area (Å²) in [4.78, 5) is 28.5. The number of carbonyl (C=O) groups excluding carboxylic acids is 2. The fourth-order valence-corrected chi connectivity index (χ4v) is 6.06. The molecule has 0 unspecified atom stereocenters. The molecule has 0 radical (unpaired) electrons. The Balaban J connectivity index is 1.49. The topological polar surface area (TPSA) is 37.4 Å². The van der Waals surface area contributed by atoms with Crippen LogP contribution >= 0.6 is 15.9 Å². The minimum atomic E-state index is -0.339. The van der Waals surface area contributed by atoms with Gasteiger partial charge in [-0.1, -0.05) is 94.8 Å². The van der Waals surface area contributed by atoms with Crippen molar-refractivity contribution in [2.75, 3.05) is 4.90 Å². The fraction of sp³-hybridized carbons (Fsp3) is 0.143. The van der Waals surface area contributed by atoms with Crippen LogP contribution in [0.4, 0.5) is 5.69 Å². The quantitative estimate of drug-likeness (QED) is 0.346. The van der Waals surface area contributed by atoms with Crippen molar-refractivity contribution in [1.82, 2.24) is 0 Å². The minimum absolute atomic E-state index is 0.0611. The third-order valence-electron chi connectivity index (χ3n) is 6.90. The zero-order chi connectivity index (χ0) is 21.8. The summed E-state index contributed by atoms with van der Waals surface area (Å²) in [6.07, 6.45) is 4.28. The number of benzene rings is 3. The number of carbonyl (C=O) groups is 2. The minimum Gasteiger partial charge on any atom is -0.274 e. The lowest BCUT2D eigenvalue weighted by atomic mass is 9.85. The highest BCUT2D eigenvalue weighted by Gasteiger charge is 2.62. The van der Waals surface area contributed by atoms with Crippen molar-refractivity contribution >= 4 is 39.0 Å². The van der Waals surface area contributed by atoms with Crippen LogP contribution in [0.3, 0.4) is 0 Å². The predicted octanol–water partition coefficient (Wildman–Crippen LogP) is 5.87. The number of halogens is 1. The molecule has 3 aliphatic rings. The van der Waals surface area contributed by atoms with Crippen LogP contribution in [0.25, 0.3) is 5.57 Å². The summed E-state index contributed by atoms with van der Waals surface area (Å²) in [5, 5.41) is 0. The summed E-state index contributed by atoms with van der Waals surface area (Å²) in [5.74, 6) is -0.980. The molecular weight excluding hydrogens is 462 g/mol. The van der Waals surface area contributed by atoms with Crippen molar-refractivity contribution < 1.29 is 9.59 Å². The van der Waals surface area contributed by atoms with Gasteiger partial charge in [-0.15, -0.1) is 0 Å². The Hall–Kier alpha value is -3.24. The van der Waals surface area contributed by atoms with E-state index in [1.807, 2.05) is 60.7 Å². The van der Waals surface area contributed by atoms with Gasteiger partial charge in [-0.2, -0.15) is 0 Å². The maximum atomic E-state index is 13.6. The molecule has 3 nitrogen and oxygen atoms in total. The Morgan fingerprint density at radius 3 is 1.72 bits per heavy atom. The van der Waals surface area contributed by atoms with Crippen molar-refractivity contribution in [3.63, 3.8) is 0 Å². The molecule has 6 rings (SSSR count). The van der Waals surface area contributed by atoms with E-state index in [9.17, 15) is 9.59 Å². The molecule has 4 heteroatoms. The molecule has 156 valence electrons. The van der Waals surface area contributed by atoms with E-state index in [1.54, 1.807) is 0 Å². The maximum Gasteiger partial charge on any atom is 0.238 e. The first-order valence-electron chi connectivity index (χ1n) is 10.8. The van der Waals surface area contributed by atoms with E-state index in [-0.39, 0.29) is 35.5 Å². The summed E-state index contributed by atoms with van der Waals surface area (Å²) in [6.45, 7) is 0. The van der Waals surface area contributed by atoms with Gasteiger partial charge < -0.3 is 0 Å². The fourth-order valence-electron chi connectivity index (χ4n) is 5.68. The van der Waals surface area contributed by atoms with Crippen molar-refractivity contribution in [3.05, 3.63) is 118 Å². The van der Waals surface area contributed by atoms with E-state index < -0.39 is 0 Å². The smallest absolute Gasteiger partial charge is 0.238 e. The number of hydrogen-bond acceptors (Lipinski definition) is 2. The highest BCUT2D eigenvalue weighted by Crippen LogP contribution is 2.58. The molecule has 1 saturated carbocycles. The largest absolute Gasteiger partial charge is 0.274 e. The molecule has 2 fully saturated rings. The second kappa shape index (κ2) is 7.42. The van der Waals surface area contributed by atoms with Gasteiger partial charge in [0.15, 0.2) is 0 Å². The first-order valence-corrected chi connectivity index (χ1v) is 11.6. The number of fused-ring (bicyclic) bond motifs is 5. The van der Waals surface area contributed by atoms with Gasteiger partial charge in [0.25, 0.3) is 0 Å². The van der Waals surface area contributed by atoms with Gasteiger partial charge >= 0.3 is 0 Å². The summed E-state index contributed by atoms with van der Waals surface area (Å²) in [7, 11) is 0. The van der Waals surface area contributed by atoms with E-state index in [2.05, 4.69) is 52.3 Å². The Bertz CT molecular complexity index is 1220. The van der Waals surface area contributed by atoms with Gasteiger partial charge in [0, 0.05) is 16.3 Å². The van der Waals surface area contributed by atoms with Gasteiger partial charge in [-0.25, -0.2) is 4.90 Å². The number of imide groups is 1. The Labute approximate surface area is 195 Å². The molecule has 3 aromatic rings. The molecule has 2 aliphatic carbocycles. The van der Waals surface area contributed by atoms with Gasteiger partial charge in [-0.05, 0) is 40.5 Å². The highest BCUT2D eigenvalue weighted by atomic mass is 79.9. The van der Waals surface area contributed by atoms with Gasteiger partial charge in [0.2, 0.25) is 11.8 Å².